The predicted octanol–water partition coefficient (Wildman–Crippen LogP) is 5.55. The minimum absolute atomic E-state index is 0.0363. The van der Waals surface area contributed by atoms with Gasteiger partial charge in [-0.15, -0.1) is 11.8 Å². The Bertz CT molecular complexity index is 1100. The highest BCUT2D eigenvalue weighted by Gasteiger charge is 2.15. The Hall–Kier alpha value is -3.36. The maximum Gasteiger partial charge on any atom is 0.269 e. The predicted molar refractivity (Wildman–Crippen MR) is 127 cm³/mol. The summed E-state index contributed by atoms with van der Waals surface area (Å²) >= 11 is 7.22. The molecule has 0 spiro atoms. The van der Waals surface area contributed by atoms with E-state index in [0.29, 0.717) is 16.4 Å². The van der Waals surface area contributed by atoms with Gasteiger partial charge in [-0.1, -0.05) is 23.7 Å². The maximum atomic E-state index is 12.4. The number of halogens is 1. The number of anilines is 2. The smallest absolute Gasteiger partial charge is 0.269 e. The van der Waals surface area contributed by atoms with Crippen LogP contribution in [0, 0.1) is 10.1 Å². The molecule has 0 radical (unpaired) electrons. The van der Waals surface area contributed by atoms with E-state index in [0.717, 1.165) is 10.5 Å². The number of hydrogen-bond acceptors (Lipinski definition) is 5. The van der Waals surface area contributed by atoms with Crippen molar-refractivity contribution < 1.29 is 14.5 Å². The Labute approximate surface area is 194 Å². The van der Waals surface area contributed by atoms with Crippen LogP contribution in [0.1, 0.15) is 12.5 Å². The van der Waals surface area contributed by atoms with Crippen molar-refractivity contribution in [2.75, 3.05) is 10.6 Å². The number of nitrogens with zero attached hydrogens (tertiary/aromatic N) is 1. The molecule has 0 aliphatic rings. The molecule has 9 heteroatoms. The fourth-order valence-corrected chi connectivity index (χ4v) is 3.77. The van der Waals surface area contributed by atoms with Crippen LogP contribution in [-0.4, -0.2) is 22.0 Å². The monoisotopic (exact) mass is 469 g/mol. The molecule has 3 aromatic carbocycles. The third-order valence-electron chi connectivity index (χ3n) is 4.44. The van der Waals surface area contributed by atoms with Crippen molar-refractivity contribution in [3.63, 3.8) is 0 Å². The van der Waals surface area contributed by atoms with Gasteiger partial charge in [0.1, 0.15) is 0 Å². The molecule has 3 aromatic rings. The normalized spacial score (nSPS) is 11.4. The lowest BCUT2D eigenvalue weighted by Gasteiger charge is -2.12. The van der Waals surface area contributed by atoms with Crippen LogP contribution in [-0.2, 0) is 16.0 Å². The molecule has 0 saturated heterocycles. The third-order valence-corrected chi connectivity index (χ3v) is 5.81. The van der Waals surface area contributed by atoms with Crippen LogP contribution >= 0.6 is 23.4 Å². The van der Waals surface area contributed by atoms with Crippen LogP contribution < -0.4 is 10.6 Å². The second-order valence-electron chi connectivity index (χ2n) is 6.93. The zero-order chi connectivity index (χ0) is 23.1. The summed E-state index contributed by atoms with van der Waals surface area (Å²) in [5.74, 6) is -0.354. The molecular weight excluding hydrogens is 450 g/mol. The SMILES string of the molecule is CC(Sc1ccc(NC(=O)Cc2ccc(Cl)cc2)cc1)C(=O)Nc1ccc([N+](=O)[O-])cc1. The first kappa shape index (κ1) is 23.3. The third kappa shape index (κ3) is 6.83. The fraction of sp³-hybridized carbons (Fsp3) is 0.130. The summed E-state index contributed by atoms with van der Waals surface area (Å²) in [6, 6.07) is 20.0. The summed E-state index contributed by atoms with van der Waals surface area (Å²) in [7, 11) is 0. The molecule has 3 rings (SSSR count). The van der Waals surface area contributed by atoms with Gasteiger partial charge in [0.2, 0.25) is 11.8 Å². The van der Waals surface area contributed by atoms with E-state index >= 15 is 0 Å². The van der Waals surface area contributed by atoms with E-state index in [1.165, 1.54) is 36.0 Å². The zero-order valence-corrected chi connectivity index (χ0v) is 18.7. The summed E-state index contributed by atoms with van der Waals surface area (Å²) < 4.78 is 0. The molecule has 1 unspecified atom stereocenters. The number of rotatable bonds is 8. The van der Waals surface area contributed by atoms with Crippen molar-refractivity contribution >= 4 is 52.2 Å². The standard InChI is InChI=1S/C23H20ClN3O4S/c1-15(23(29)26-19-6-10-20(11-7-19)27(30)31)32-21-12-8-18(9-13-21)25-22(28)14-16-2-4-17(24)5-3-16/h2-13,15H,14H2,1H3,(H,25,28)(H,26,29). The zero-order valence-electron chi connectivity index (χ0n) is 17.1. The number of carbonyl (C=O) groups is 2. The number of nitro groups is 1. The van der Waals surface area contributed by atoms with Crippen LogP contribution in [0.25, 0.3) is 0 Å². The summed E-state index contributed by atoms with van der Waals surface area (Å²) in [4.78, 5) is 35.7. The number of thioether (sulfide) groups is 1. The van der Waals surface area contributed by atoms with E-state index in [1.54, 1.807) is 31.2 Å². The van der Waals surface area contributed by atoms with Gasteiger partial charge in [-0.05, 0) is 61.0 Å². The molecule has 0 aromatic heterocycles. The minimum Gasteiger partial charge on any atom is -0.326 e. The lowest BCUT2D eigenvalue weighted by molar-refractivity contribution is -0.384. The topological polar surface area (TPSA) is 101 Å². The highest BCUT2D eigenvalue weighted by atomic mass is 35.5. The molecular formula is C23H20ClN3O4S. The van der Waals surface area contributed by atoms with Crippen molar-refractivity contribution in [3.8, 4) is 0 Å². The summed E-state index contributed by atoms with van der Waals surface area (Å²) in [5, 5.41) is 16.5. The number of non-ortho nitro benzene ring substituents is 1. The Morgan fingerprint density at radius 2 is 1.50 bits per heavy atom. The Morgan fingerprint density at radius 1 is 0.938 bits per heavy atom. The molecule has 0 fully saturated rings. The van der Waals surface area contributed by atoms with Gasteiger partial charge >= 0.3 is 0 Å². The van der Waals surface area contributed by atoms with Gasteiger partial charge in [0.15, 0.2) is 0 Å². The van der Waals surface area contributed by atoms with Crippen molar-refractivity contribution in [2.24, 2.45) is 0 Å². The largest absolute Gasteiger partial charge is 0.326 e. The molecule has 0 saturated carbocycles. The molecule has 0 heterocycles. The number of hydrogen-bond donors (Lipinski definition) is 2. The highest BCUT2D eigenvalue weighted by Crippen LogP contribution is 2.26. The van der Waals surface area contributed by atoms with Gasteiger partial charge in [-0.2, -0.15) is 0 Å². The van der Waals surface area contributed by atoms with Gasteiger partial charge in [0.05, 0.1) is 16.6 Å². The van der Waals surface area contributed by atoms with Gasteiger partial charge in [-0.3, -0.25) is 19.7 Å². The second-order valence-corrected chi connectivity index (χ2v) is 8.78. The number of nitro benzene ring substituents is 1. The molecule has 164 valence electrons. The van der Waals surface area contributed by atoms with E-state index in [1.807, 2.05) is 24.3 Å². The Kier molecular flexibility index (Phi) is 7.86. The average Bonchev–Trinajstić information content (AvgIpc) is 2.77. The maximum absolute atomic E-state index is 12.4. The van der Waals surface area contributed by atoms with E-state index in [-0.39, 0.29) is 23.9 Å². The molecule has 0 aliphatic carbocycles. The number of nitrogens with one attached hydrogen (secondary N) is 2. The molecule has 32 heavy (non-hydrogen) atoms. The van der Waals surface area contributed by atoms with Crippen molar-refractivity contribution in [3.05, 3.63) is 93.5 Å². The fourth-order valence-electron chi connectivity index (χ4n) is 2.78. The molecule has 2 amide bonds. The first-order valence-electron chi connectivity index (χ1n) is 9.66. The van der Waals surface area contributed by atoms with Gasteiger partial charge in [0, 0.05) is 33.4 Å². The van der Waals surface area contributed by atoms with Gasteiger partial charge in [-0.25, -0.2) is 0 Å². The quantitative estimate of drug-likeness (QED) is 0.256. The van der Waals surface area contributed by atoms with E-state index in [4.69, 9.17) is 11.6 Å². The van der Waals surface area contributed by atoms with Crippen molar-refractivity contribution in [2.45, 2.75) is 23.5 Å². The van der Waals surface area contributed by atoms with Crippen LogP contribution in [0.3, 0.4) is 0 Å². The number of amides is 2. The summed E-state index contributed by atoms with van der Waals surface area (Å²) in [5.41, 5.74) is 1.99. The first-order valence-corrected chi connectivity index (χ1v) is 10.9. The van der Waals surface area contributed by atoms with Crippen LogP contribution in [0.2, 0.25) is 5.02 Å². The summed E-state index contributed by atoms with van der Waals surface area (Å²) in [6.45, 7) is 1.77. The van der Waals surface area contributed by atoms with Crippen molar-refractivity contribution in [1.29, 1.82) is 0 Å². The first-order chi connectivity index (χ1) is 15.3. The molecule has 2 N–H and O–H groups in total. The average molecular weight is 470 g/mol. The minimum atomic E-state index is -0.492. The highest BCUT2D eigenvalue weighted by molar-refractivity contribution is 8.00. The molecule has 1 atom stereocenters. The lowest BCUT2D eigenvalue weighted by Crippen LogP contribution is -2.22. The number of benzene rings is 3. The van der Waals surface area contributed by atoms with Crippen LogP contribution in [0.5, 0.6) is 0 Å². The lowest BCUT2D eigenvalue weighted by atomic mass is 10.1. The molecule has 0 bridgehead atoms. The van der Waals surface area contributed by atoms with Gasteiger partial charge < -0.3 is 10.6 Å². The van der Waals surface area contributed by atoms with Crippen LogP contribution in [0.15, 0.2) is 77.7 Å². The van der Waals surface area contributed by atoms with Crippen LogP contribution in [0.4, 0.5) is 17.1 Å². The summed E-state index contributed by atoms with van der Waals surface area (Å²) in [6.07, 6.45) is 0.244. The molecule has 7 nitrogen and oxygen atoms in total. The second kappa shape index (κ2) is 10.8. The van der Waals surface area contributed by atoms with Crippen molar-refractivity contribution in [1.82, 2.24) is 0 Å². The molecule has 0 aliphatic heterocycles. The Balaban J connectivity index is 1.50. The van der Waals surface area contributed by atoms with E-state index in [9.17, 15) is 19.7 Å². The van der Waals surface area contributed by atoms with E-state index < -0.39 is 10.2 Å². The van der Waals surface area contributed by atoms with Gasteiger partial charge in [0.25, 0.3) is 5.69 Å². The van der Waals surface area contributed by atoms with E-state index in [2.05, 4.69) is 10.6 Å². The number of carbonyl (C=O) groups excluding carboxylic acids is 2. The Morgan fingerprint density at radius 3 is 2.09 bits per heavy atom.